The summed E-state index contributed by atoms with van der Waals surface area (Å²) in [5.74, 6) is 1.28. The minimum absolute atomic E-state index is 0.380. The van der Waals surface area contributed by atoms with Gasteiger partial charge in [-0.05, 0) is 24.2 Å². The van der Waals surface area contributed by atoms with Gasteiger partial charge >= 0.3 is 7.60 Å². The van der Waals surface area contributed by atoms with Crippen LogP contribution in [0.15, 0.2) is 0 Å². The van der Waals surface area contributed by atoms with Gasteiger partial charge in [-0.3, -0.25) is 4.57 Å². The Morgan fingerprint density at radius 2 is 1.24 bits per heavy atom. The predicted octanol–water partition coefficient (Wildman–Crippen LogP) is 4.57. The smallest absolute Gasteiger partial charge is 0.308 e. The van der Waals surface area contributed by atoms with Crippen molar-refractivity contribution in [3.05, 3.63) is 0 Å². The van der Waals surface area contributed by atoms with Crippen molar-refractivity contribution in [1.82, 2.24) is 0 Å². The summed E-state index contributed by atoms with van der Waals surface area (Å²) in [6.45, 7) is 13.5. The van der Waals surface area contributed by atoms with Crippen LogP contribution >= 0.6 is 7.60 Å². The molecule has 0 spiro atoms. The van der Waals surface area contributed by atoms with Gasteiger partial charge in [0.2, 0.25) is 0 Å². The number of rotatable bonds is 9. The summed E-state index contributed by atoms with van der Waals surface area (Å²) in [6.07, 6.45) is 1.41. The van der Waals surface area contributed by atoms with Gasteiger partial charge in [0, 0.05) is 0 Å². The van der Waals surface area contributed by atoms with E-state index >= 15 is 0 Å². The number of hydrogen-bond acceptors (Lipinski definition) is 3. The molecule has 0 unspecified atom stereocenters. The van der Waals surface area contributed by atoms with Gasteiger partial charge in [0.15, 0.2) is 0 Å². The quantitative estimate of drug-likeness (QED) is 0.572. The molecule has 104 valence electrons. The second kappa shape index (κ2) is 8.29. The number of hydrogen-bond donors (Lipinski definition) is 0. The highest BCUT2D eigenvalue weighted by atomic mass is 31.2. The van der Waals surface area contributed by atoms with Gasteiger partial charge in [-0.15, -0.1) is 0 Å². The Labute approximate surface area is 107 Å². The van der Waals surface area contributed by atoms with E-state index in [0.29, 0.717) is 37.1 Å². The van der Waals surface area contributed by atoms with Crippen LogP contribution in [-0.2, 0) is 13.6 Å². The molecule has 0 saturated carbocycles. The molecule has 0 amide bonds. The first-order valence-corrected chi connectivity index (χ1v) is 8.36. The monoisotopic (exact) mass is 264 g/mol. The first kappa shape index (κ1) is 17.2. The fourth-order valence-electron chi connectivity index (χ4n) is 1.11. The van der Waals surface area contributed by atoms with Crippen molar-refractivity contribution in [3.8, 4) is 0 Å². The van der Waals surface area contributed by atoms with E-state index in [1.54, 1.807) is 0 Å². The highest BCUT2D eigenvalue weighted by Crippen LogP contribution is 2.49. The highest BCUT2D eigenvalue weighted by molar-refractivity contribution is 7.53. The van der Waals surface area contributed by atoms with E-state index < -0.39 is 7.60 Å². The molecule has 0 aromatic heterocycles. The van der Waals surface area contributed by atoms with Crippen molar-refractivity contribution in [3.63, 3.8) is 0 Å². The Kier molecular flexibility index (Phi) is 8.36. The summed E-state index contributed by atoms with van der Waals surface area (Å²) in [6, 6.07) is 0. The van der Waals surface area contributed by atoms with Crippen molar-refractivity contribution < 1.29 is 13.6 Å². The van der Waals surface area contributed by atoms with Crippen molar-refractivity contribution in [2.75, 3.05) is 19.4 Å². The Hall–Kier alpha value is 0.150. The second-order valence-electron chi connectivity index (χ2n) is 5.90. The van der Waals surface area contributed by atoms with Gasteiger partial charge in [0.1, 0.15) is 0 Å². The summed E-state index contributed by atoms with van der Waals surface area (Å²) < 4.78 is 23.5. The molecule has 0 aliphatic rings. The summed E-state index contributed by atoms with van der Waals surface area (Å²) in [5, 5.41) is 0. The molecule has 0 aromatic rings. The molecule has 0 rings (SSSR count). The lowest BCUT2D eigenvalue weighted by Gasteiger charge is -2.21. The predicted molar refractivity (Wildman–Crippen MR) is 73.5 cm³/mol. The fraction of sp³-hybridized carbons (Fsp3) is 1.00. The van der Waals surface area contributed by atoms with Crippen LogP contribution in [0.3, 0.4) is 0 Å². The van der Waals surface area contributed by atoms with E-state index in [1.807, 2.05) is 0 Å². The molecule has 0 aliphatic carbocycles. The van der Waals surface area contributed by atoms with Crippen LogP contribution in [0.25, 0.3) is 0 Å². The summed E-state index contributed by atoms with van der Waals surface area (Å²) in [5.41, 5.74) is 0. The van der Waals surface area contributed by atoms with Gasteiger partial charge in [0.25, 0.3) is 0 Å². The van der Waals surface area contributed by atoms with Crippen LogP contribution in [0.1, 0.15) is 48.0 Å². The molecule has 0 saturated heterocycles. The summed E-state index contributed by atoms with van der Waals surface area (Å²) in [7, 11) is -2.88. The zero-order chi connectivity index (χ0) is 13.5. The summed E-state index contributed by atoms with van der Waals surface area (Å²) in [4.78, 5) is 0. The van der Waals surface area contributed by atoms with Crippen LogP contribution in [0, 0.1) is 17.8 Å². The van der Waals surface area contributed by atoms with Crippen LogP contribution < -0.4 is 0 Å². The van der Waals surface area contributed by atoms with Crippen LogP contribution in [-0.4, -0.2) is 19.4 Å². The SMILES string of the molecule is CC(C)CCP(=O)(OCC(C)C)OCC(C)C. The first-order valence-electron chi connectivity index (χ1n) is 6.63. The third-order valence-corrected chi connectivity index (χ3v) is 4.08. The molecular formula is C13H29O3P. The normalized spacial score (nSPS) is 13.0. The lowest BCUT2D eigenvalue weighted by Crippen LogP contribution is -2.09. The molecule has 0 fully saturated rings. The Balaban J connectivity index is 4.29. The highest BCUT2D eigenvalue weighted by Gasteiger charge is 2.25. The van der Waals surface area contributed by atoms with Gasteiger partial charge in [0.05, 0.1) is 19.4 Å². The topological polar surface area (TPSA) is 35.5 Å². The van der Waals surface area contributed by atoms with Crippen molar-refractivity contribution in [2.24, 2.45) is 17.8 Å². The van der Waals surface area contributed by atoms with Crippen molar-refractivity contribution in [2.45, 2.75) is 48.0 Å². The fourth-order valence-corrected chi connectivity index (χ4v) is 3.32. The van der Waals surface area contributed by atoms with Gasteiger partial charge in [-0.25, -0.2) is 0 Å². The Morgan fingerprint density at radius 1 is 0.824 bits per heavy atom. The average Bonchev–Trinajstić information content (AvgIpc) is 2.21. The van der Waals surface area contributed by atoms with Gasteiger partial charge in [-0.1, -0.05) is 41.5 Å². The minimum atomic E-state index is -2.88. The molecule has 4 heteroatoms. The zero-order valence-electron chi connectivity index (χ0n) is 12.2. The maximum absolute atomic E-state index is 12.5. The standard InChI is InChI=1S/C13H29O3P/c1-11(2)7-8-17(14,15-9-12(3)4)16-10-13(5)6/h11-13H,7-10H2,1-6H3. The maximum atomic E-state index is 12.5. The van der Waals surface area contributed by atoms with Gasteiger partial charge in [-0.2, -0.15) is 0 Å². The molecule has 17 heavy (non-hydrogen) atoms. The molecule has 0 aliphatic heterocycles. The van der Waals surface area contributed by atoms with E-state index in [2.05, 4.69) is 41.5 Å². The molecule has 0 atom stereocenters. The third kappa shape index (κ3) is 9.82. The molecule has 0 radical (unpaired) electrons. The summed E-state index contributed by atoms with van der Waals surface area (Å²) >= 11 is 0. The first-order chi connectivity index (χ1) is 7.75. The molecule has 0 aromatic carbocycles. The Bertz CT molecular complexity index is 199. The van der Waals surface area contributed by atoms with E-state index in [1.165, 1.54) is 0 Å². The van der Waals surface area contributed by atoms with Crippen LogP contribution in [0.2, 0.25) is 0 Å². The molecular weight excluding hydrogens is 235 g/mol. The maximum Gasteiger partial charge on any atom is 0.330 e. The van der Waals surface area contributed by atoms with Crippen molar-refractivity contribution in [1.29, 1.82) is 0 Å². The van der Waals surface area contributed by atoms with Gasteiger partial charge < -0.3 is 9.05 Å². The molecule has 0 heterocycles. The lowest BCUT2D eigenvalue weighted by molar-refractivity contribution is 0.172. The Morgan fingerprint density at radius 3 is 1.53 bits per heavy atom. The van der Waals surface area contributed by atoms with E-state index in [4.69, 9.17) is 9.05 Å². The molecule has 0 N–H and O–H groups in total. The van der Waals surface area contributed by atoms with E-state index in [0.717, 1.165) is 6.42 Å². The van der Waals surface area contributed by atoms with Crippen LogP contribution in [0.5, 0.6) is 0 Å². The largest absolute Gasteiger partial charge is 0.330 e. The second-order valence-corrected chi connectivity index (χ2v) is 8.08. The molecule has 0 bridgehead atoms. The zero-order valence-corrected chi connectivity index (χ0v) is 13.1. The minimum Gasteiger partial charge on any atom is -0.308 e. The third-order valence-electron chi connectivity index (χ3n) is 2.19. The average molecular weight is 264 g/mol. The van der Waals surface area contributed by atoms with Crippen molar-refractivity contribution >= 4 is 7.60 Å². The van der Waals surface area contributed by atoms with E-state index in [-0.39, 0.29) is 0 Å². The molecule has 3 nitrogen and oxygen atoms in total. The van der Waals surface area contributed by atoms with E-state index in [9.17, 15) is 4.57 Å². The van der Waals surface area contributed by atoms with Crippen LogP contribution in [0.4, 0.5) is 0 Å². The lowest BCUT2D eigenvalue weighted by atomic mass is 10.2.